The van der Waals surface area contributed by atoms with Gasteiger partial charge in [-0.25, -0.2) is 0 Å². The number of hydrogen-bond donors (Lipinski definition) is 1. The molecule has 1 fully saturated rings. The summed E-state index contributed by atoms with van der Waals surface area (Å²) >= 11 is 0. The van der Waals surface area contributed by atoms with Crippen LogP contribution in [0.3, 0.4) is 0 Å². The number of carbonyl (C=O) groups is 1. The largest absolute Gasteiger partial charge is 0.399 e. The Morgan fingerprint density at radius 3 is 2.32 bits per heavy atom. The minimum Gasteiger partial charge on any atom is -0.399 e. The fourth-order valence-electron chi connectivity index (χ4n) is 3.04. The maximum atomic E-state index is 12.9. The fraction of sp³-hybridized carbons (Fsp3) is 0.588. The monoisotopic (exact) mass is 305 g/mol. The molecule has 1 aliphatic rings. The second-order valence-corrected chi connectivity index (χ2v) is 6.28. The van der Waals surface area contributed by atoms with Crippen molar-refractivity contribution < 1.29 is 9.53 Å². The van der Waals surface area contributed by atoms with Gasteiger partial charge >= 0.3 is 0 Å². The predicted octanol–water partition coefficient (Wildman–Crippen LogP) is 2.36. The lowest BCUT2D eigenvalue weighted by molar-refractivity contribution is 0.0303. The van der Waals surface area contributed by atoms with Crippen molar-refractivity contribution in [3.8, 4) is 0 Å². The molecule has 0 aromatic heterocycles. The van der Waals surface area contributed by atoms with Gasteiger partial charge in [0.1, 0.15) is 0 Å². The van der Waals surface area contributed by atoms with Crippen molar-refractivity contribution in [3.05, 3.63) is 23.8 Å². The standard InChI is InChI=1S/C17H27N3O2/c1-12(2)20(13(3)4)16-6-5-14(18)11-15(16)17(21)19-7-9-22-10-8-19/h5-6,11-13H,7-10,18H2,1-4H3. The molecule has 2 N–H and O–H groups in total. The van der Waals surface area contributed by atoms with Gasteiger partial charge in [0.05, 0.1) is 24.5 Å². The van der Waals surface area contributed by atoms with Crippen molar-refractivity contribution in [3.63, 3.8) is 0 Å². The molecular weight excluding hydrogens is 278 g/mol. The number of amides is 1. The summed E-state index contributed by atoms with van der Waals surface area (Å²) in [6.45, 7) is 11.0. The first kappa shape index (κ1) is 16.6. The SMILES string of the molecule is CC(C)N(c1ccc(N)cc1C(=O)N1CCOCC1)C(C)C. The van der Waals surface area contributed by atoms with E-state index in [4.69, 9.17) is 10.5 Å². The number of benzene rings is 1. The molecule has 22 heavy (non-hydrogen) atoms. The van der Waals surface area contributed by atoms with Gasteiger partial charge in [-0.1, -0.05) is 0 Å². The maximum absolute atomic E-state index is 12.9. The molecule has 122 valence electrons. The molecule has 0 unspecified atom stereocenters. The number of nitrogen functional groups attached to an aromatic ring is 1. The molecule has 1 aromatic carbocycles. The Hall–Kier alpha value is -1.75. The molecule has 5 nitrogen and oxygen atoms in total. The van der Waals surface area contributed by atoms with E-state index < -0.39 is 0 Å². The van der Waals surface area contributed by atoms with Crippen molar-refractivity contribution >= 4 is 17.3 Å². The summed E-state index contributed by atoms with van der Waals surface area (Å²) in [5.74, 6) is 0.0388. The summed E-state index contributed by atoms with van der Waals surface area (Å²) in [7, 11) is 0. The Bertz CT molecular complexity index is 515. The highest BCUT2D eigenvalue weighted by Crippen LogP contribution is 2.28. The van der Waals surface area contributed by atoms with Gasteiger partial charge in [0, 0.05) is 30.9 Å². The van der Waals surface area contributed by atoms with Crippen LogP contribution < -0.4 is 10.6 Å². The lowest BCUT2D eigenvalue weighted by Crippen LogP contribution is -2.43. The van der Waals surface area contributed by atoms with E-state index in [1.165, 1.54) is 0 Å². The van der Waals surface area contributed by atoms with Crippen LogP contribution in [0.1, 0.15) is 38.1 Å². The van der Waals surface area contributed by atoms with Gasteiger partial charge in [0.25, 0.3) is 5.91 Å². The lowest BCUT2D eigenvalue weighted by Gasteiger charge is -2.36. The molecule has 0 aliphatic carbocycles. The quantitative estimate of drug-likeness (QED) is 0.868. The van der Waals surface area contributed by atoms with Crippen LogP contribution in [0.2, 0.25) is 0 Å². The van der Waals surface area contributed by atoms with Crippen LogP contribution in [-0.4, -0.2) is 49.2 Å². The summed E-state index contributed by atoms with van der Waals surface area (Å²) in [6.07, 6.45) is 0. The molecule has 1 amide bonds. The van der Waals surface area contributed by atoms with E-state index in [0.29, 0.717) is 49.6 Å². The Labute approximate surface area is 133 Å². The smallest absolute Gasteiger partial charge is 0.256 e. The lowest BCUT2D eigenvalue weighted by atomic mass is 10.1. The van der Waals surface area contributed by atoms with Crippen LogP contribution in [-0.2, 0) is 4.74 Å². The number of nitrogens with two attached hydrogens (primary N) is 1. The molecular formula is C17H27N3O2. The maximum Gasteiger partial charge on any atom is 0.256 e. The third-order valence-corrected chi connectivity index (χ3v) is 3.94. The van der Waals surface area contributed by atoms with E-state index in [1.54, 1.807) is 6.07 Å². The van der Waals surface area contributed by atoms with Gasteiger partial charge in [0.2, 0.25) is 0 Å². The van der Waals surface area contributed by atoms with Crippen LogP contribution >= 0.6 is 0 Å². The summed E-state index contributed by atoms with van der Waals surface area (Å²) in [6, 6.07) is 6.23. The molecule has 5 heteroatoms. The number of anilines is 2. The van der Waals surface area contributed by atoms with Crippen LogP contribution in [0.15, 0.2) is 18.2 Å². The fourth-order valence-corrected chi connectivity index (χ4v) is 3.04. The number of carbonyl (C=O) groups excluding carboxylic acids is 1. The van der Waals surface area contributed by atoms with Gasteiger partial charge in [-0.05, 0) is 45.9 Å². The molecule has 1 aromatic rings. The number of rotatable bonds is 4. The zero-order valence-corrected chi connectivity index (χ0v) is 14.0. The van der Waals surface area contributed by atoms with E-state index in [2.05, 4.69) is 32.6 Å². The Morgan fingerprint density at radius 1 is 1.18 bits per heavy atom. The first-order chi connectivity index (χ1) is 10.4. The summed E-state index contributed by atoms with van der Waals surface area (Å²) in [5.41, 5.74) is 8.19. The normalized spacial score (nSPS) is 15.5. The number of hydrogen-bond acceptors (Lipinski definition) is 4. The number of morpholine rings is 1. The highest BCUT2D eigenvalue weighted by Gasteiger charge is 2.25. The molecule has 0 atom stereocenters. The number of nitrogens with zero attached hydrogens (tertiary/aromatic N) is 2. The van der Waals surface area contributed by atoms with Crippen molar-refractivity contribution in [2.24, 2.45) is 0 Å². The minimum absolute atomic E-state index is 0.0388. The molecule has 0 spiro atoms. The zero-order chi connectivity index (χ0) is 16.3. The Morgan fingerprint density at radius 2 is 1.77 bits per heavy atom. The minimum atomic E-state index is 0.0388. The van der Waals surface area contributed by atoms with Gasteiger partial charge in [-0.3, -0.25) is 4.79 Å². The second kappa shape index (κ2) is 7.01. The summed E-state index contributed by atoms with van der Waals surface area (Å²) < 4.78 is 5.33. The average Bonchev–Trinajstić information content (AvgIpc) is 2.48. The first-order valence-corrected chi connectivity index (χ1v) is 7.96. The molecule has 1 aliphatic heterocycles. The third kappa shape index (κ3) is 3.53. The first-order valence-electron chi connectivity index (χ1n) is 7.96. The summed E-state index contributed by atoms with van der Waals surface area (Å²) in [5, 5.41) is 0. The number of ether oxygens (including phenoxy) is 1. The third-order valence-electron chi connectivity index (χ3n) is 3.94. The highest BCUT2D eigenvalue weighted by molar-refractivity contribution is 6.01. The Kier molecular flexibility index (Phi) is 5.29. The predicted molar refractivity (Wildman–Crippen MR) is 90.3 cm³/mol. The van der Waals surface area contributed by atoms with Crippen LogP contribution in [0.5, 0.6) is 0 Å². The average molecular weight is 305 g/mol. The van der Waals surface area contributed by atoms with Crippen molar-refractivity contribution in [2.75, 3.05) is 36.9 Å². The van der Waals surface area contributed by atoms with Gasteiger partial charge in [-0.2, -0.15) is 0 Å². The molecule has 2 rings (SSSR count). The zero-order valence-electron chi connectivity index (χ0n) is 14.0. The van der Waals surface area contributed by atoms with Gasteiger partial charge in [0.15, 0.2) is 0 Å². The second-order valence-electron chi connectivity index (χ2n) is 6.28. The molecule has 1 saturated heterocycles. The Balaban J connectivity index is 2.40. The molecule has 0 radical (unpaired) electrons. The topological polar surface area (TPSA) is 58.8 Å². The van der Waals surface area contributed by atoms with Gasteiger partial charge < -0.3 is 20.3 Å². The molecule has 0 bridgehead atoms. The van der Waals surface area contributed by atoms with Crippen molar-refractivity contribution in [2.45, 2.75) is 39.8 Å². The van der Waals surface area contributed by atoms with Crippen LogP contribution in [0, 0.1) is 0 Å². The van der Waals surface area contributed by atoms with Crippen LogP contribution in [0.25, 0.3) is 0 Å². The molecule has 0 saturated carbocycles. The van der Waals surface area contributed by atoms with Gasteiger partial charge in [-0.15, -0.1) is 0 Å². The van der Waals surface area contributed by atoms with E-state index in [1.807, 2.05) is 17.0 Å². The molecule has 1 heterocycles. The van der Waals surface area contributed by atoms with E-state index in [-0.39, 0.29) is 5.91 Å². The van der Waals surface area contributed by atoms with E-state index >= 15 is 0 Å². The van der Waals surface area contributed by atoms with Crippen molar-refractivity contribution in [1.82, 2.24) is 4.90 Å². The van der Waals surface area contributed by atoms with Crippen molar-refractivity contribution in [1.29, 1.82) is 0 Å². The van der Waals surface area contributed by atoms with Crippen LogP contribution in [0.4, 0.5) is 11.4 Å². The van der Waals surface area contributed by atoms with E-state index in [0.717, 1.165) is 5.69 Å². The summed E-state index contributed by atoms with van der Waals surface area (Å²) in [4.78, 5) is 17.0. The van der Waals surface area contributed by atoms with E-state index in [9.17, 15) is 4.79 Å². The highest BCUT2D eigenvalue weighted by atomic mass is 16.5.